The molecule has 4 rings (SSSR count). The first-order chi connectivity index (χ1) is 12.9. The summed E-state index contributed by atoms with van der Waals surface area (Å²) in [6.45, 7) is 0.932. The van der Waals surface area contributed by atoms with Crippen LogP contribution in [-0.4, -0.2) is 29.1 Å². The predicted octanol–water partition coefficient (Wildman–Crippen LogP) is 4.31. The number of ether oxygens (including phenoxy) is 2. The van der Waals surface area contributed by atoms with Gasteiger partial charge in [-0.05, 0) is 18.2 Å². The van der Waals surface area contributed by atoms with Gasteiger partial charge in [-0.3, -0.25) is 10.1 Å². The Morgan fingerprint density at radius 2 is 1.93 bits per heavy atom. The van der Waals surface area contributed by atoms with Crippen molar-refractivity contribution in [2.24, 2.45) is 0 Å². The zero-order valence-corrected chi connectivity index (χ0v) is 15.0. The summed E-state index contributed by atoms with van der Waals surface area (Å²) in [5, 5.41) is 4.27. The van der Waals surface area contributed by atoms with Crippen molar-refractivity contribution in [3.63, 3.8) is 0 Å². The molecule has 0 atom stereocenters. The van der Waals surface area contributed by atoms with E-state index >= 15 is 0 Å². The third-order valence-electron chi connectivity index (χ3n) is 3.60. The third-order valence-corrected chi connectivity index (χ3v) is 5.19. The van der Waals surface area contributed by atoms with E-state index in [2.05, 4.69) is 15.3 Å². The molecule has 0 aliphatic carbocycles. The Balaban J connectivity index is 1.54. The molecule has 1 aliphatic rings. The summed E-state index contributed by atoms with van der Waals surface area (Å²) in [6.07, 6.45) is -4.69. The number of amides is 1. The van der Waals surface area contributed by atoms with E-state index in [4.69, 9.17) is 9.47 Å². The molecule has 0 unspecified atom stereocenters. The highest BCUT2D eigenvalue weighted by atomic mass is 32.1. The molecule has 1 aromatic carbocycles. The molecule has 6 nitrogen and oxygen atoms in total. The van der Waals surface area contributed by atoms with Gasteiger partial charge in [-0.1, -0.05) is 0 Å². The van der Waals surface area contributed by atoms with Crippen molar-refractivity contribution in [1.82, 2.24) is 9.97 Å². The number of fused-ring (bicyclic) bond motifs is 1. The fraction of sp³-hybridized carbons (Fsp3) is 0.188. The summed E-state index contributed by atoms with van der Waals surface area (Å²) in [5.41, 5.74) is 1.09. The number of hydrogen-bond acceptors (Lipinski definition) is 7. The average Bonchev–Trinajstić information content (AvgIpc) is 3.30. The van der Waals surface area contributed by atoms with Crippen molar-refractivity contribution in [2.45, 2.75) is 6.18 Å². The first-order valence-electron chi connectivity index (χ1n) is 7.59. The molecular weight excluding hydrogens is 403 g/mol. The topological polar surface area (TPSA) is 73.3 Å². The van der Waals surface area contributed by atoms with Crippen LogP contribution in [0.3, 0.4) is 0 Å². The Kier molecular flexibility index (Phi) is 4.48. The lowest BCUT2D eigenvalue weighted by molar-refractivity contribution is -0.141. The highest BCUT2D eigenvalue weighted by Crippen LogP contribution is 2.36. The van der Waals surface area contributed by atoms with Crippen molar-refractivity contribution >= 4 is 33.7 Å². The first kappa shape index (κ1) is 17.7. The maximum atomic E-state index is 12.9. The van der Waals surface area contributed by atoms with Gasteiger partial charge in [-0.25, -0.2) is 9.97 Å². The van der Waals surface area contributed by atoms with Gasteiger partial charge in [-0.15, -0.1) is 22.7 Å². The third kappa shape index (κ3) is 3.60. The molecule has 140 valence electrons. The molecule has 1 N–H and O–H groups in total. The lowest BCUT2D eigenvalue weighted by Gasteiger charge is -2.18. The van der Waals surface area contributed by atoms with Crippen LogP contribution in [0.15, 0.2) is 29.1 Å². The number of aromatic nitrogens is 2. The van der Waals surface area contributed by atoms with E-state index in [1.165, 1.54) is 0 Å². The van der Waals surface area contributed by atoms with Crippen molar-refractivity contribution in [3.8, 4) is 22.8 Å². The average molecular weight is 413 g/mol. The van der Waals surface area contributed by atoms with Crippen LogP contribution >= 0.6 is 22.7 Å². The smallest absolute Gasteiger partial charge is 0.434 e. The van der Waals surface area contributed by atoms with Crippen LogP contribution in [0, 0.1) is 0 Å². The zero-order chi connectivity index (χ0) is 19.0. The fourth-order valence-corrected chi connectivity index (χ4v) is 3.85. The molecule has 11 heteroatoms. The standard InChI is InChI=1S/C16H10F3N3O3S2/c17-16(18,19)13-12(27-7-20-13)14(23)22-15-21-9(6-26-15)8-1-2-10-11(5-8)25-4-3-24-10/h1-2,5-7H,3-4H2,(H,21,22,23). The van der Waals surface area contributed by atoms with E-state index in [1.807, 2.05) is 0 Å². The van der Waals surface area contributed by atoms with Gasteiger partial charge >= 0.3 is 6.18 Å². The lowest BCUT2D eigenvalue weighted by Crippen LogP contribution is -2.17. The molecule has 0 saturated carbocycles. The van der Waals surface area contributed by atoms with Gasteiger partial charge in [0.15, 0.2) is 22.3 Å². The molecule has 1 amide bonds. The molecule has 0 saturated heterocycles. The van der Waals surface area contributed by atoms with Crippen molar-refractivity contribution in [3.05, 3.63) is 39.7 Å². The number of anilines is 1. The minimum Gasteiger partial charge on any atom is -0.486 e. The second-order valence-corrected chi connectivity index (χ2v) is 7.09. The molecule has 3 heterocycles. The predicted molar refractivity (Wildman–Crippen MR) is 93.6 cm³/mol. The van der Waals surface area contributed by atoms with E-state index < -0.39 is 22.7 Å². The highest BCUT2D eigenvalue weighted by Gasteiger charge is 2.38. The molecule has 0 spiro atoms. The van der Waals surface area contributed by atoms with E-state index in [0.717, 1.165) is 22.4 Å². The van der Waals surface area contributed by atoms with Crippen molar-refractivity contribution < 1.29 is 27.4 Å². The molecule has 0 bridgehead atoms. The van der Waals surface area contributed by atoms with Gasteiger partial charge in [0.1, 0.15) is 18.1 Å². The molecule has 27 heavy (non-hydrogen) atoms. The number of nitrogens with one attached hydrogen (secondary N) is 1. The second kappa shape index (κ2) is 6.82. The number of alkyl halides is 3. The number of rotatable bonds is 3. The zero-order valence-electron chi connectivity index (χ0n) is 13.4. The number of carbonyl (C=O) groups excluding carboxylic acids is 1. The van der Waals surface area contributed by atoms with Gasteiger partial charge < -0.3 is 9.47 Å². The van der Waals surface area contributed by atoms with Crippen LogP contribution in [0.5, 0.6) is 11.5 Å². The minimum atomic E-state index is -4.69. The summed E-state index contributed by atoms with van der Waals surface area (Å²) in [7, 11) is 0. The number of thiazole rings is 2. The largest absolute Gasteiger partial charge is 0.486 e. The number of carbonyl (C=O) groups is 1. The van der Waals surface area contributed by atoms with Crippen LogP contribution < -0.4 is 14.8 Å². The first-order valence-corrected chi connectivity index (χ1v) is 9.35. The SMILES string of the molecule is O=C(Nc1nc(-c2ccc3c(c2)OCCO3)cs1)c1scnc1C(F)(F)F. The second-order valence-electron chi connectivity index (χ2n) is 5.38. The molecule has 0 fully saturated rings. The van der Waals surface area contributed by atoms with Gasteiger partial charge in [0, 0.05) is 10.9 Å². The lowest BCUT2D eigenvalue weighted by atomic mass is 10.1. The van der Waals surface area contributed by atoms with E-state index in [1.54, 1.807) is 23.6 Å². The molecular formula is C16H10F3N3O3S2. The van der Waals surface area contributed by atoms with E-state index in [0.29, 0.717) is 41.7 Å². The molecule has 3 aromatic rings. The Bertz CT molecular complexity index is 1000. The highest BCUT2D eigenvalue weighted by molar-refractivity contribution is 7.14. The van der Waals surface area contributed by atoms with E-state index in [9.17, 15) is 18.0 Å². The van der Waals surface area contributed by atoms with Crippen LogP contribution in [0.1, 0.15) is 15.4 Å². The van der Waals surface area contributed by atoms with Crippen LogP contribution in [-0.2, 0) is 6.18 Å². The number of benzene rings is 1. The Morgan fingerprint density at radius 3 is 2.70 bits per heavy atom. The summed E-state index contributed by atoms with van der Waals surface area (Å²) in [5.74, 6) is 0.336. The molecule has 0 radical (unpaired) electrons. The van der Waals surface area contributed by atoms with Gasteiger partial charge in [0.05, 0.1) is 11.2 Å². The van der Waals surface area contributed by atoms with Gasteiger partial charge in [0.25, 0.3) is 5.91 Å². The van der Waals surface area contributed by atoms with Crippen molar-refractivity contribution in [2.75, 3.05) is 18.5 Å². The van der Waals surface area contributed by atoms with E-state index in [-0.39, 0.29) is 5.13 Å². The minimum absolute atomic E-state index is 0.186. The fourth-order valence-electron chi connectivity index (χ4n) is 2.43. The van der Waals surface area contributed by atoms with Crippen LogP contribution in [0.4, 0.5) is 18.3 Å². The molecule has 2 aromatic heterocycles. The Morgan fingerprint density at radius 1 is 1.15 bits per heavy atom. The Labute approximate surface area is 158 Å². The maximum absolute atomic E-state index is 12.9. The number of halogens is 3. The summed E-state index contributed by atoms with van der Waals surface area (Å²) >= 11 is 1.73. The Hall–Kier alpha value is -2.66. The monoisotopic (exact) mass is 413 g/mol. The normalized spacial score (nSPS) is 13.4. The quantitative estimate of drug-likeness (QED) is 0.693. The number of hydrogen-bond donors (Lipinski definition) is 1. The summed E-state index contributed by atoms with van der Waals surface area (Å²) in [6, 6.07) is 5.31. The maximum Gasteiger partial charge on any atom is 0.434 e. The van der Waals surface area contributed by atoms with Gasteiger partial charge in [-0.2, -0.15) is 13.2 Å². The summed E-state index contributed by atoms with van der Waals surface area (Å²) < 4.78 is 49.6. The molecule has 1 aliphatic heterocycles. The van der Waals surface area contributed by atoms with Crippen LogP contribution in [0.2, 0.25) is 0 Å². The van der Waals surface area contributed by atoms with Gasteiger partial charge in [0.2, 0.25) is 0 Å². The van der Waals surface area contributed by atoms with Crippen molar-refractivity contribution in [1.29, 1.82) is 0 Å². The summed E-state index contributed by atoms with van der Waals surface area (Å²) in [4.78, 5) is 19.2. The van der Waals surface area contributed by atoms with Crippen LogP contribution in [0.25, 0.3) is 11.3 Å². The number of nitrogens with zero attached hydrogens (tertiary/aromatic N) is 2.